The van der Waals surface area contributed by atoms with Crippen LogP contribution in [0, 0.1) is 5.41 Å². The summed E-state index contributed by atoms with van der Waals surface area (Å²) in [5.74, 6) is 0. The Balaban J connectivity index is 0.000000162. The second-order valence-corrected chi connectivity index (χ2v) is 1.30. The van der Waals surface area contributed by atoms with Crippen LogP contribution in [0.3, 0.4) is 0 Å². The molecule has 0 amide bonds. The summed E-state index contributed by atoms with van der Waals surface area (Å²) in [4.78, 5) is 0. The molecular weight excluding hydrogens is 92.1 g/mol. The highest BCUT2D eigenvalue weighted by Gasteiger charge is 2.10. The lowest BCUT2D eigenvalue weighted by Gasteiger charge is -2.20. The molecule has 1 rings (SSSR count). The van der Waals surface area contributed by atoms with Crippen LogP contribution in [0.15, 0.2) is 0 Å². The molecule has 3 nitrogen and oxygen atoms in total. The van der Waals surface area contributed by atoms with Gasteiger partial charge in [-0.3, -0.25) is 0 Å². The van der Waals surface area contributed by atoms with Crippen molar-refractivity contribution < 1.29 is 4.74 Å². The summed E-state index contributed by atoms with van der Waals surface area (Å²) in [6.45, 7) is 4.03. The Morgan fingerprint density at radius 3 is 1.86 bits per heavy atom. The molecule has 0 spiro atoms. The minimum absolute atomic E-state index is 0.343. The van der Waals surface area contributed by atoms with Gasteiger partial charge < -0.3 is 15.9 Å². The topological polar surface area (TPSA) is 59.1 Å². The summed E-state index contributed by atoms with van der Waals surface area (Å²) in [7, 11) is 0. The second-order valence-electron chi connectivity index (χ2n) is 1.30. The van der Waals surface area contributed by atoms with Gasteiger partial charge in [0.25, 0.3) is 0 Å². The SMILES string of the molecule is C=N.NC1COC1. The molecule has 1 fully saturated rings. The minimum atomic E-state index is 0.343. The molecular formula is C4H10N2O. The lowest BCUT2D eigenvalue weighted by atomic mass is 10.3. The van der Waals surface area contributed by atoms with E-state index in [-0.39, 0.29) is 0 Å². The van der Waals surface area contributed by atoms with Crippen molar-refractivity contribution in [1.82, 2.24) is 0 Å². The normalized spacial score (nSPS) is 19.0. The summed E-state index contributed by atoms with van der Waals surface area (Å²) in [5, 5.41) is 5.50. The maximum absolute atomic E-state index is 5.50. The first-order valence-corrected chi connectivity index (χ1v) is 2.08. The van der Waals surface area contributed by atoms with Crippen molar-refractivity contribution in [1.29, 1.82) is 5.41 Å². The van der Waals surface area contributed by atoms with Crippen LogP contribution in [0.25, 0.3) is 0 Å². The molecule has 0 aromatic rings. The number of ether oxygens (including phenoxy) is 1. The quantitative estimate of drug-likeness (QED) is 0.409. The lowest BCUT2D eigenvalue weighted by Crippen LogP contribution is -2.41. The Morgan fingerprint density at radius 1 is 1.57 bits per heavy atom. The molecule has 1 aliphatic heterocycles. The molecule has 42 valence electrons. The summed E-state index contributed by atoms with van der Waals surface area (Å²) >= 11 is 0. The van der Waals surface area contributed by atoms with E-state index in [4.69, 9.17) is 15.9 Å². The highest BCUT2D eigenvalue weighted by molar-refractivity contribution is 5.15. The highest BCUT2D eigenvalue weighted by atomic mass is 16.5. The molecule has 3 N–H and O–H groups in total. The van der Waals surface area contributed by atoms with Gasteiger partial charge >= 0.3 is 0 Å². The van der Waals surface area contributed by atoms with Gasteiger partial charge in [0, 0.05) is 0 Å². The maximum Gasteiger partial charge on any atom is 0.0640 e. The van der Waals surface area contributed by atoms with Crippen molar-refractivity contribution in [3.63, 3.8) is 0 Å². The van der Waals surface area contributed by atoms with E-state index in [1.165, 1.54) is 0 Å². The highest BCUT2D eigenvalue weighted by Crippen LogP contribution is 1.92. The smallest absolute Gasteiger partial charge is 0.0640 e. The zero-order chi connectivity index (χ0) is 5.70. The van der Waals surface area contributed by atoms with Gasteiger partial charge in [0.1, 0.15) is 0 Å². The van der Waals surface area contributed by atoms with E-state index in [9.17, 15) is 0 Å². The molecule has 0 bridgehead atoms. The van der Waals surface area contributed by atoms with Gasteiger partial charge in [-0.1, -0.05) is 0 Å². The summed E-state index contributed by atoms with van der Waals surface area (Å²) in [6, 6.07) is 0.343. The first kappa shape index (κ1) is 6.59. The molecule has 0 atom stereocenters. The fourth-order valence-electron chi connectivity index (χ4n) is 0.254. The molecule has 0 aromatic heterocycles. The van der Waals surface area contributed by atoms with Crippen molar-refractivity contribution >= 4 is 6.72 Å². The average molecular weight is 102 g/mol. The van der Waals surface area contributed by atoms with Crippen LogP contribution in [-0.2, 0) is 4.74 Å². The van der Waals surface area contributed by atoms with E-state index >= 15 is 0 Å². The maximum atomic E-state index is 5.50. The molecule has 0 aromatic carbocycles. The molecule has 0 aliphatic carbocycles. The molecule has 7 heavy (non-hydrogen) atoms. The number of hydrogen-bond donors (Lipinski definition) is 2. The molecule has 1 saturated heterocycles. The van der Waals surface area contributed by atoms with Gasteiger partial charge in [0.2, 0.25) is 0 Å². The Kier molecular flexibility index (Phi) is 3.55. The van der Waals surface area contributed by atoms with Crippen LogP contribution in [0.2, 0.25) is 0 Å². The third-order valence-corrected chi connectivity index (χ3v) is 0.664. The van der Waals surface area contributed by atoms with E-state index in [0.717, 1.165) is 13.2 Å². The van der Waals surface area contributed by atoms with E-state index in [0.29, 0.717) is 6.04 Å². The number of nitrogens with two attached hydrogens (primary N) is 1. The molecule has 0 unspecified atom stereocenters. The first-order valence-electron chi connectivity index (χ1n) is 2.08. The van der Waals surface area contributed by atoms with Gasteiger partial charge in [-0.15, -0.1) is 0 Å². The fraction of sp³-hybridized carbons (Fsp3) is 0.750. The summed E-state index contributed by atoms with van der Waals surface area (Å²) < 4.78 is 4.71. The van der Waals surface area contributed by atoms with Crippen LogP contribution in [0.4, 0.5) is 0 Å². The Hall–Kier alpha value is -0.410. The third-order valence-electron chi connectivity index (χ3n) is 0.664. The molecule has 1 heterocycles. The predicted octanol–water partition coefficient (Wildman–Crippen LogP) is -0.390. The third kappa shape index (κ3) is 2.31. The van der Waals surface area contributed by atoms with E-state index in [1.54, 1.807) is 0 Å². The monoisotopic (exact) mass is 102 g/mol. The number of hydrogen-bond acceptors (Lipinski definition) is 3. The van der Waals surface area contributed by atoms with Gasteiger partial charge in [0.15, 0.2) is 0 Å². The zero-order valence-corrected chi connectivity index (χ0v) is 4.18. The van der Waals surface area contributed by atoms with E-state index in [1.807, 2.05) is 0 Å². The van der Waals surface area contributed by atoms with Crippen LogP contribution >= 0.6 is 0 Å². The van der Waals surface area contributed by atoms with Gasteiger partial charge in [-0.25, -0.2) is 0 Å². The number of rotatable bonds is 0. The average Bonchev–Trinajstić information content (AvgIpc) is 1.68. The Labute approximate surface area is 43.0 Å². The molecule has 0 saturated carbocycles. The van der Waals surface area contributed by atoms with Crippen LogP contribution in [0.5, 0.6) is 0 Å². The van der Waals surface area contributed by atoms with Crippen molar-refractivity contribution in [3.8, 4) is 0 Å². The standard InChI is InChI=1S/C3H7NO.CH3N/c4-3-1-5-2-3;1-2/h3H,1-2,4H2;2H,1H2. The van der Waals surface area contributed by atoms with Crippen molar-refractivity contribution in [2.75, 3.05) is 13.2 Å². The molecule has 0 radical (unpaired) electrons. The number of nitrogens with one attached hydrogen (secondary N) is 1. The van der Waals surface area contributed by atoms with Crippen LogP contribution in [0.1, 0.15) is 0 Å². The Morgan fingerprint density at radius 2 is 1.86 bits per heavy atom. The lowest BCUT2D eigenvalue weighted by molar-refractivity contribution is 0.0121. The summed E-state index contributed by atoms with van der Waals surface area (Å²) in [6.07, 6.45) is 0. The van der Waals surface area contributed by atoms with Crippen LogP contribution in [-0.4, -0.2) is 26.0 Å². The molecule has 3 heteroatoms. The predicted molar refractivity (Wildman–Crippen MR) is 28.6 cm³/mol. The van der Waals surface area contributed by atoms with Crippen molar-refractivity contribution in [3.05, 3.63) is 0 Å². The van der Waals surface area contributed by atoms with Crippen molar-refractivity contribution in [2.45, 2.75) is 6.04 Å². The van der Waals surface area contributed by atoms with Crippen LogP contribution < -0.4 is 5.73 Å². The largest absolute Gasteiger partial charge is 0.378 e. The van der Waals surface area contributed by atoms with Gasteiger partial charge in [-0.2, -0.15) is 0 Å². The van der Waals surface area contributed by atoms with E-state index in [2.05, 4.69) is 6.72 Å². The molecule has 1 aliphatic rings. The second kappa shape index (κ2) is 3.77. The van der Waals surface area contributed by atoms with Gasteiger partial charge in [-0.05, 0) is 6.72 Å². The first-order chi connectivity index (χ1) is 3.39. The van der Waals surface area contributed by atoms with Gasteiger partial charge in [0.05, 0.1) is 19.3 Å². The Bertz CT molecular complexity index is 45.0. The zero-order valence-electron chi connectivity index (χ0n) is 4.18. The van der Waals surface area contributed by atoms with Crippen molar-refractivity contribution in [2.24, 2.45) is 5.73 Å². The fourth-order valence-corrected chi connectivity index (χ4v) is 0.254. The summed E-state index contributed by atoms with van der Waals surface area (Å²) in [5.41, 5.74) is 5.25. The van der Waals surface area contributed by atoms with E-state index < -0.39 is 0 Å². The minimum Gasteiger partial charge on any atom is -0.378 e.